The molecule has 0 radical (unpaired) electrons. The quantitative estimate of drug-likeness (QED) is 0.503. The fraction of sp³-hybridized carbons (Fsp3) is 0.833. The normalized spacial score (nSPS) is 36.9. The van der Waals surface area contributed by atoms with Crippen molar-refractivity contribution in [3.63, 3.8) is 0 Å². The number of rotatable bonds is 3. The van der Waals surface area contributed by atoms with E-state index in [0.29, 0.717) is 12.0 Å². The molecule has 134 valence electrons. The van der Waals surface area contributed by atoms with E-state index in [-0.39, 0.29) is 10.3 Å². The van der Waals surface area contributed by atoms with Crippen LogP contribution in [0.1, 0.15) is 71.5 Å². The van der Waals surface area contributed by atoms with Gasteiger partial charge >= 0.3 is 0 Å². The molecule has 0 N–H and O–H groups in total. The number of halogens is 1. The molecular weight excluding hydrogens is 433 g/mol. The van der Waals surface area contributed by atoms with Gasteiger partial charge < -0.3 is 4.55 Å². The first-order chi connectivity index (χ1) is 11.1. The Kier molecular flexibility index (Phi) is 4.11. The smallest absolute Gasteiger partial charge is 0.137 e. The van der Waals surface area contributed by atoms with Crippen molar-refractivity contribution in [3.05, 3.63) is 15.5 Å². The van der Waals surface area contributed by atoms with Crippen molar-refractivity contribution in [1.29, 1.82) is 0 Å². The van der Waals surface area contributed by atoms with Crippen LogP contribution >= 0.6 is 22.6 Å². The Morgan fingerprint density at radius 3 is 2.42 bits per heavy atom. The third-order valence-corrected chi connectivity index (χ3v) is 8.71. The lowest BCUT2D eigenvalue weighted by Crippen LogP contribution is -2.64. The maximum atomic E-state index is 12.8. The summed E-state index contributed by atoms with van der Waals surface area (Å²) < 4.78 is 18.4. The molecule has 1 spiro atoms. The highest BCUT2D eigenvalue weighted by Gasteiger charge is 2.69. The fourth-order valence-corrected chi connectivity index (χ4v) is 7.02. The molecule has 3 aliphatic rings. The van der Waals surface area contributed by atoms with Crippen molar-refractivity contribution in [3.8, 4) is 0 Å². The number of nitrogens with zero attached hydrogens (tertiary/aromatic N) is 3. The largest absolute Gasteiger partial charge is 0.597 e. The van der Waals surface area contributed by atoms with Gasteiger partial charge in [-0.15, -0.1) is 4.31 Å². The molecule has 0 unspecified atom stereocenters. The van der Waals surface area contributed by atoms with Crippen molar-refractivity contribution in [2.75, 3.05) is 6.54 Å². The summed E-state index contributed by atoms with van der Waals surface area (Å²) in [5.41, 5.74) is 1.67. The Hall–Kier alpha value is 0.210. The van der Waals surface area contributed by atoms with E-state index in [0.717, 1.165) is 22.1 Å². The van der Waals surface area contributed by atoms with E-state index in [9.17, 15) is 4.55 Å². The van der Waals surface area contributed by atoms with Crippen molar-refractivity contribution in [2.45, 2.75) is 76.1 Å². The Labute approximate surface area is 162 Å². The predicted octanol–water partition coefficient (Wildman–Crippen LogP) is 4.10. The van der Waals surface area contributed by atoms with Crippen molar-refractivity contribution in [1.82, 2.24) is 14.1 Å². The highest BCUT2D eigenvalue weighted by molar-refractivity contribution is 14.1. The van der Waals surface area contributed by atoms with Gasteiger partial charge in [-0.05, 0) is 94.4 Å². The zero-order valence-corrected chi connectivity index (χ0v) is 18.2. The third kappa shape index (κ3) is 2.58. The SMILES string of the molecule is CC(C)n1nc(I)cc1[C@H]1[C@@H]2C[C@@]3(CCN3[S@@+]([O-])C(C)(C)C)C[C@@H]21. The van der Waals surface area contributed by atoms with Crippen LogP contribution in [0, 0.1) is 15.5 Å². The zero-order valence-electron chi connectivity index (χ0n) is 15.3. The van der Waals surface area contributed by atoms with E-state index in [1.807, 2.05) is 0 Å². The lowest BCUT2D eigenvalue weighted by atomic mass is 9.81. The average Bonchev–Trinajstić information content (AvgIpc) is 2.84. The van der Waals surface area contributed by atoms with Crippen molar-refractivity contribution < 1.29 is 4.55 Å². The molecule has 2 heterocycles. The molecule has 6 heteroatoms. The van der Waals surface area contributed by atoms with Gasteiger partial charge in [0.2, 0.25) is 0 Å². The number of aromatic nitrogens is 2. The van der Waals surface area contributed by atoms with Gasteiger partial charge in [0.05, 0.1) is 5.54 Å². The van der Waals surface area contributed by atoms with Crippen LogP contribution in [0.2, 0.25) is 0 Å². The van der Waals surface area contributed by atoms with Crippen molar-refractivity contribution in [2.24, 2.45) is 11.8 Å². The Morgan fingerprint density at radius 1 is 1.33 bits per heavy atom. The molecule has 0 aromatic carbocycles. The van der Waals surface area contributed by atoms with Gasteiger partial charge in [-0.2, -0.15) is 5.10 Å². The number of hydrogen-bond acceptors (Lipinski definition) is 3. The number of fused-ring (bicyclic) bond motifs is 1. The second-order valence-corrected chi connectivity index (χ2v) is 12.4. The standard InChI is InChI=1S/C18H28IN3OS/c1-11(2)22-14(8-15(19)20-22)16-12-9-18(10-13(12)16)6-7-21(18)24(23)17(3,4)5/h8,11-13,16H,6-7,9-10H2,1-5H3/t12-,13+,16+,18+,24-/m0/s1. The maximum absolute atomic E-state index is 12.8. The van der Waals surface area contributed by atoms with Crippen LogP contribution in [-0.2, 0) is 11.4 Å². The second-order valence-electron chi connectivity index (χ2n) is 9.13. The van der Waals surface area contributed by atoms with Crippen molar-refractivity contribution >= 4 is 34.0 Å². The first kappa shape index (κ1) is 17.6. The Balaban J connectivity index is 1.49. The van der Waals surface area contributed by atoms with Gasteiger partial charge in [-0.25, -0.2) is 0 Å². The summed E-state index contributed by atoms with van der Waals surface area (Å²) >= 11 is 1.46. The van der Waals surface area contributed by atoms with E-state index in [2.05, 4.69) is 77.4 Å². The van der Waals surface area contributed by atoms with Crippen LogP contribution in [-0.4, -0.2) is 35.5 Å². The topological polar surface area (TPSA) is 44.1 Å². The van der Waals surface area contributed by atoms with Gasteiger partial charge in [0.1, 0.15) is 8.45 Å². The molecule has 1 aromatic rings. The monoisotopic (exact) mass is 461 g/mol. The van der Waals surface area contributed by atoms with Gasteiger partial charge in [0.25, 0.3) is 0 Å². The van der Waals surface area contributed by atoms with Crippen LogP contribution < -0.4 is 0 Å². The third-order valence-electron chi connectivity index (χ3n) is 6.16. The lowest BCUT2D eigenvalue weighted by molar-refractivity contribution is 0.0602. The van der Waals surface area contributed by atoms with Crippen LogP contribution in [0.5, 0.6) is 0 Å². The maximum Gasteiger partial charge on any atom is 0.137 e. The molecule has 1 aliphatic heterocycles. The summed E-state index contributed by atoms with van der Waals surface area (Å²) in [5, 5.41) is 4.69. The van der Waals surface area contributed by atoms with E-state index in [4.69, 9.17) is 0 Å². The highest BCUT2D eigenvalue weighted by atomic mass is 127. The molecule has 5 atom stereocenters. The van der Waals surface area contributed by atoms with Crippen LogP contribution in [0.3, 0.4) is 0 Å². The average molecular weight is 461 g/mol. The minimum atomic E-state index is -0.868. The van der Waals surface area contributed by atoms with Gasteiger partial charge in [-0.1, -0.05) is 0 Å². The minimum Gasteiger partial charge on any atom is -0.597 e. The van der Waals surface area contributed by atoms with E-state index < -0.39 is 11.4 Å². The molecule has 4 nitrogen and oxygen atoms in total. The molecule has 1 aromatic heterocycles. The lowest BCUT2D eigenvalue weighted by Gasteiger charge is -2.52. The molecule has 2 saturated carbocycles. The zero-order chi connectivity index (χ0) is 17.4. The fourth-order valence-electron chi connectivity index (χ4n) is 4.96. The second kappa shape index (κ2) is 5.60. The summed E-state index contributed by atoms with van der Waals surface area (Å²) in [6.07, 6.45) is 3.68. The Bertz CT molecular complexity index is 641. The first-order valence-corrected chi connectivity index (χ1v) is 11.3. The van der Waals surface area contributed by atoms with Gasteiger partial charge in [-0.3, -0.25) is 4.68 Å². The molecule has 3 fully saturated rings. The van der Waals surface area contributed by atoms with Gasteiger partial charge in [0.15, 0.2) is 0 Å². The minimum absolute atomic E-state index is 0.147. The number of hydrogen-bond donors (Lipinski definition) is 0. The molecule has 4 rings (SSSR count). The molecular formula is C18H28IN3OS. The first-order valence-electron chi connectivity index (χ1n) is 9.09. The summed E-state index contributed by atoms with van der Waals surface area (Å²) in [6.45, 7) is 11.7. The van der Waals surface area contributed by atoms with E-state index in [1.165, 1.54) is 25.0 Å². The molecule has 24 heavy (non-hydrogen) atoms. The van der Waals surface area contributed by atoms with E-state index >= 15 is 0 Å². The highest BCUT2D eigenvalue weighted by Crippen LogP contribution is 2.69. The van der Waals surface area contributed by atoms with E-state index in [1.54, 1.807) is 0 Å². The predicted molar refractivity (Wildman–Crippen MR) is 106 cm³/mol. The van der Waals surface area contributed by atoms with Crippen LogP contribution in [0.15, 0.2) is 6.07 Å². The summed E-state index contributed by atoms with van der Waals surface area (Å²) in [5.74, 6) is 2.23. The van der Waals surface area contributed by atoms with Crippen LogP contribution in [0.4, 0.5) is 0 Å². The van der Waals surface area contributed by atoms with Crippen LogP contribution in [0.25, 0.3) is 0 Å². The summed E-state index contributed by atoms with van der Waals surface area (Å²) in [7, 11) is 0. The Morgan fingerprint density at radius 2 is 1.96 bits per heavy atom. The van der Waals surface area contributed by atoms with Gasteiger partial charge in [0, 0.05) is 35.6 Å². The molecule has 1 saturated heterocycles. The summed E-state index contributed by atoms with van der Waals surface area (Å²) in [6, 6.07) is 2.70. The molecule has 0 bridgehead atoms. The molecule has 2 aliphatic carbocycles. The summed E-state index contributed by atoms with van der Waals surface area (Å²) in [4.78, 5) is 0. The molecule has 0 amide bonds.